The first-order valence-electron chi connectivity index (χ1n) is 6.49. The number of ketones is 1. The van der Waals surface area contributed by atoms with Crippen LogP contribution in [-0.2, 0) is 4.79 Å². The summed E-state index contributed by atoms with van der Waals surface area (Å²) in [5.41, 5.74) is 0. The standard InChI is InChI=1S/C14H16ClN3O2/c1-2-3-4-13(19)14(18-10-16-9-17-18)20-12-7-5-11(15)6-8-12/h5-10,14H,2-4H2,1H3. The van der Waals surface area contributed by atoms with Gasteiger partial charge in [0.2, 0.25) is 0 Å². The zero-order chi connectivity index (χ0) is 14.4. The fraction of sp³-hybridized carbons (Fsp3) is 0.357. The Bertz CT molecular complexity index is 540. The minimum Gasteiger partial charge on any atom is -0.461 e. The van der Waals surface area contributed by atoms with Gasteiger partial charge in [0, 0.05) is 11.4 Å². The van der Waals surface area contributed by atoms with Gasteiger partial charge in [0.1, 0.15) is 18.4 Å². The Morgan fingerprint density at radius 1 is 1.40 bits per heavy atom. The van der Waals surface area contributed by atoms with Crippen LogP contribution >= 0.6 is 11.6 Å². The smallest absolute Gasteiger partial charge is 0.251 e. The molecular formula is C14H16ClN3O2. The molecule has 0 aliphatic carbocycles. The van der Waals surface area contributed by atoms with Crippen molar-refractivity contribution in [2.75, 3.05) is 0 Å². The van der Waals surface area contributed by atoms with E-state index in [1.807, 2.05) is 6.92 Å². The maximum atomic E-state index is 12.2. The maximum Gasteiger partial charge on any atom is 0.251 e. The molecule has 2 aromatic rings. The summed E-state index contributed by atoms with van der Waals surface area (Å²) in [7, 11) is 0. The molecule has 6 heteroatoms. The second-order valence-electron chi connectivity index (χ2n) is 4.37. The zero-order valence-electron chi connectivity index (χ0n) is 11.2. The lowest BCUT2D eigenvalue weighted by atomic mass is 10.1. The SMILES string of the molecule is CCCCC(=O)C(Oc1ccc(Cl)cc1)n1cncn1. The van der Waals surface area contributed by atoms with Gasteiger partial charge in [-0.1, -0.05) is 24.9 Å². The number of unbranched alkanes of at least 4 members (excludes halogenated alkanes) is 1. The molecule has 0 N–H and O–H groups in total. The maximum absolute atomic E-state index is 12.2. The van der Waals surface area contributed by atoms with Crippen LogP contribution in [0, 0.1) is 0 Å². The predicted molar refractivity (Wildman–Crippen MR) is 75.7 cm³/mol. The molecule has 20 heavy (non-hydrogen) atoms. The van der Waals surface area contributed by atoms with Crippen molar-refractivity contribution < 1.29 is 9.53 Å². The second-order valence-corrected chi connectivity index (χ2v) is 4.81. The molecule has 0 fully saturated rings. The van der Waals surface area contributed by atoms with Gasteiger partial charge in [0.15, 0.2) is 5.78 Å². The molecule has 1 heterocycles. The van der Waals surface area contributed by atoms with Gasteiger partial charge in [-0.2, -0.15) is 5.10 Å². The highest BCUT2D eigenvalue weighted by atomic mass is 35.5. The molecule has 0 saturated carbocycles. The Kier molecular flexibility index (Phi) is 5.12. The van der Waals surface area contributed by atoms with E-state index < -0.39 is 6.23 Å². The summed E-state index contributed by atoms with van der Waals surface area (Å²) < 4.78 is 7.15. The molecule has 0 radical (unpaired) electrons. The van der Waals surface area contributed by atoms with Crippen molar-refractivity contribution in [3.05, 3.63) is 41.9 Å². The summed E-state index contributed by atoms with van der Waals surface area (Å²) >= 11 is 5.83. The van der Waals surface area contributed by atoms with Crippen molar-refractivity contribution in [2.24, 2.45) is 0 Å². The number of Topliss-reactive ketones (excluding diaryl/α,β-unsaturated/α-hetero) is 1. The van der Waals surface area contributed by atoms with Gasteiger partial charge in [0.25, 0.3) is 6.23 Å². The largest absolute Gasteiger partial charge is 0.461 e. The lowest BCUT2D eigenvalue weighted by molar-refractivity contribution is -0.130. The normalized spacial score (nSPS) is 12.1. The summed E-state index contributed by atoms with van der Waals surface area (Å²) in [6, 6.07) is 6.87. The number of aromatic nitrogens is 3. The van der Waals surface area contributed by atoms with E-state index in [0.29, 0.717) is 17.2 Å². The van der Waals surface area contributed by atoms with Gasteiger partial charge in [0.05, 0.1) is 0 Å². The van der Waals surface area contributed by atoms with Crippen molar-refractivity contribution in [1.82, 2.24) is 14.8 Å². The van der Waals surface area contributed by atoms with Gasteiger partial charge >= 0.3 is 0 Å². The van der Waals surface area contributed by atoms with E-state index in [0.717, 1.165) is 12.8 Å². The first kappa shape index (κ1) is 14.5. The van der Waals surface area contributed by atoms with Gasteiger partial charge < -0.3 is 4.74 Å². The van der Waals surface area contributed by atoms with E-state index in [4.69, 9.17) is 16.3 Å². The molecular weight excluding hydrogens is 278 g/mol. The third-order valence-electron chi connectivity index (χ3n) is 2.79. The summed E-state index contributed by atoms with van der Waals surface area (Å²) in [5.74, 6) is 0.548. The highest BCUT2D eigenvalue weighted by molar-refractivity contribution is 6.30. The molecule has 0 aliphatic heterocycles. The van der Waals surface area contributed by atoms with Crippen LogP contribution in [-0.4, -0.2) is 20.5 Å². The molecule has 0 spiro atoms. The summed E-state index contributed by atoms with van der Waals surface area (Å²) in [6.07, 6.45) is 4.31. The van der Waals surface area contributed by atoms with Crippen LogP contribution in [0.15, 0.2) is 36.9 Å². The minimum atomic E-state index is -0.787. The topological polar surface area (TPSA) is 57.0 Å². The first-order chi connectivity index (χ1) is 9.70. The van der Waals surface area contributed by atoms with E-state index >= 15 is 0 Å². The molecule has 2 rings (SSSR count). The van der Waals surface area contributed by atoms with Gasteiger partial charge in [-0.15, -0.1) is 0 Å². The average Bonchev–Trinajstić information content (AvgIpc) is 2.98. The Morgan fingerprint density at radius 2 is 2.15 bits per heavy atom. The summed E-state index contributed by atoms with van der Waals surface area (Å²) in [6.45, 7) is 2.04. The number of hydrogen-bond acceptors (Lipinski definition) is 4. The molecule has 106 valence electrons. The lowest BCUT2D eigenvalue weighted by Gasteiger charge is -2.17. The van der Waals surface area contributed by atoms with E-state index in [9.17, 15) is 4.79 Å². The van der Waals surface area contributed by atoms with Gasteiger partial charge in [-0.3, -0.25) is 4.79 Å². The molecule has 1 atom stereocenters. The van der Waals surface area contributed by atoms with Crippen LogP contribution in [0.2, 0.25) is 5.02 Å². The third-order valence-corrected chi connectivity index (χ3v) is 3.04. The van der Waals surface area contributed by atoms with Gasteiger partial charge in [-0.05, 0) is 30.7 Å². The van der Waals surface area contributed by atoms with Crippen molar-refractivity contribution in [3.8, 4) is 5.75 Å². The van der Waals surface area contributed by atoms with E-state index in [-0.39, 0.29) is 5.78 Å². The highest BCUT2D eigenvalue weighted by Crippen LogP contribution is 2.21. The molecule has 0 aliphatic rings. The van der Waals surface area contributed by atoms with Crippen LogP contribution < -0.4 is 4.74 Å². The van der Waals surface area contributed by atoms with E-state index in [1.54, 1.807) is 24.3 Å². The van der Waals surface area contributed by atoms with Crippen molar-refractivity contribution in [3.63, 3.8) is 0 Å². The fourth-order valence-corrected chi connectivity index (χ4v) is 1.85. The average molecular weight is 294 g/mol. The molecule has 1 aromatic carbocycles. The van der Waals surface area contributed by atoms with Crippen LogP contribution in [0.1, 0.15) is 32.4 Å². The van der Waals surface area contributed by atoms with Crippen molar-refractivity contribution in [2.45, 2.75) is 32.4 Å². The molecule has 0 amide bonds. The quantitative estimate of drug-likeness (QED) is 0.786. The van der Waals surface area contributed by atoms with Crippen LogP contribution in [0.3, 0.4) is 0 Å². The number of hydrogen-bond donors (Lipinski definition) is 0. The number of rotatable bonds is 7. The van der Waals surface area contributed by atoms with Crippen LogP contribution in [0.4, 0.5) is 0 Å². The van der Waals surface area contributed by atoms with E-state index in [2.05, 4.69) is 10.1 Å². The molecule has 1 aromatic heterocycles. The second kappa shape index (κ2) is 7.05. The Hall–Kier alpha value is -1.88. The third kappa shape index (κ3) is 3.81. The number of carbonyl (C=O) groups is 1. The molecule has 0 bridgehead atoms. The predicted octanol–water partition coefficient (Wildman–Crippen LogP) is 3.27. The summed E-state index contributed by atoms with van der Waals surface area (Å²) in [5, 5.41) is 4.61. The van der Waals surface area contributed by atoms with Crippen molar-refractivity contribution >= 4 is 17.4 Å². The summed E-state index contributed by atoms with van der Waals surface area (Å²) in [4.78, 5) is 16.1. The molecule has 5 nitrogen and oxygen atoms in total. The number of benzene rings is 1. The Labute approximate surface area is 122 Å². The van der Waals surface area contributed by atoms with Gasteiger partial charge in [-0.25, -0.2) is 9.67 Å². The fourth-order valence-electron chi connectivity index (χ4n) is 1.72. The Morgan fingerprint density at radius 3 is 2.75 bits per heavy atom. The number of nitrogens with zero attached hydrogens (tertiary/aromatic N) is 3. The van der Waals surface area contributed by atoms with E-state index in [1.165, 1.54) is 17.3 Å². The minimum absolute atomic E-state index is 0.0210. The zero-order valence-corrected chi connectivity index (χ0v) is 12.0. The van der Waals surface area contributed by atoms with Crippen molar-refractivity contribution in [1.29, 1.82) is 0 Å². The lowest BCUT2D eigenvalue weighted by Crippen LogP contribution is -2.25. The highest BCUT2D eigenvalue weighted by Gasteiger charge is 2.22. The number of ether oxygens (including phenoxy) is 1. The number of halogens is 1. The van der Waals surface area contributed by atoms with Crippen LogP contribution in [0.5, 0.6) is 5.75 Å². The monoisotopic (exact) mass is 293 g/mol. The van der Waals surface area contributed by atoms with Crippen LogP contribution in [0.25, 0.3) is 0 Å². The molecule has 1 unspecified atom stereocenters. The first-order valence-corrected chi connectivity index (χ1v) is 6.87. The molecule has 0 saturated heterocycles. The number of carbonyl (C=O) groups excluding carboxylic acids is 1. The Balaban J connectivity index is 2.14.